The number of hydrogen-bond donors (Lipinski definition) is 1. The number of carbonyl (C=O) groups excluding carboxylic acids is 1. The number of carbonyl (C=O) groups is 1. The van der Waals surface area contributed by atoms with Gasteiger partial charge in [-0.25, -0.2) is 0 Å². The van der Waals surface area contributed by atoms with Crippen LogP contribution in [0.25, 0.3) is 11.1 Å². The highest BCUT2D eigenvalue weighted by Crippen LogP contribution is 2.27. The summed E-state index contributed by atoms with van der Waals surface area (Å²) < 4.78 is 0. The van der Waals surface area contributed by atoms with E-state index in [0.717, 1.165) is 36.1 Å². The topological polar surface area (TPSA) is 65.8 Å². The molecule has 1 aromatic carbocycles. The molecule has 1 heterocycles. The lowest BCUT2D eigenvalue weighted by molar-refractivity contribution is -0.125. The zero-order valence-electron chi connectivity index (χ0n) is 16.0. The first-order chi connectivity index (χ1) is 12.4. The molecule has 0 fully saturated rings. The zero-order valence-corrected chi connectivity index (χ0v) is 16.0. The van der Waals surface area contributed by atoms with Gasteiger partial charge in [0.1, 0.15) is 6.07 Å². The minimum absolute atomic E-state index is 0.0466. The highest BCUT2D eigenvalue weighted by molar-refractivity contribution is 5.87. The molecule has 0 saturated heterocycles. The molecule has 1 aromatic heterocycles. The molecule has 0 aliphatic carbocycles. The van der Waals surface area contributed by atoms with Crippen LogP contribution in [0.15, 0.2) is 42.7 Å². The molecule has 26 heavy (non-hydrogen) atoms. The Kier molecular flexibility index (Phi) is 6.52. The lowest BCUT2D eigenvalue weighted by Gasteiger charge is -2.26. The van der Waals surface area contributed by atoms with Crippen LogP contribution < -0.4 is 5.32 Å². The molecule has 4 nitrogen and oxygen atoms in total. The summed E-state index contributed by atoms with van der Waals surface area (Å²) >= 11 is 0. The molecule has 0 bridgehead atoms. The molecular formula is C22H27N3O. The molecular weight excluding hydrogens is 322 g/mol. The number of nitrogens with zero attached hydrogens (tertiary/aromatic N) is 2. The number of nitrogens with one attached hydrogen (secondary N) is 1. The summed E-state index contributed by atoms with van der Waals surface area (Å²) in [5.74, 6) is 0.572. The largest absolute Gasteiger partial charge is 0.355 e. The Hall–Kier alpha value is -2.67. The van der Waals surface area contributed by atoms with Gasteiger partial charge in [-0.2, -0.15) is 5.26 Å². The number of nitriles is 1. The van der Waals surface area contributed by atoms with E-state index in [-0.39, 0.29) is 5.91 Å². The maximum atomic E-state index is 12.7. The van der Waals surface area contributed by atoms with Crippen LogP contribution in [-0.2, 0) is 10.2 Å². The minimum atomic E-state index is -0.600. The third kappa shape index (κ3) is 4.49. The fourth-order valence-corrected chi connectivity index (χ4v) is 2.90. The van der Waals surface area contributed by atoms with E-state index in [1.54, 1.807) is 12.4 Å². The van der Waals surface area contributed by atoms with Crippen molar-refractivity contribution in [3.8, 4) is 17.2 Å². The molecule has 0 saturated carbocycles. The van der Waals surface area contributed by atoms with E-state index in [2.05, 4.69) is 30.2 Å². The summed E-state index contributed by atoms with van der Waals surface area (Å²) in [6, 6.07) is 11.8. The van der Waals surface area contributed by atoms with Crippen LogP contribution >= 0.6 is 0 Å². The van der Waals surface area contributed by atoms with Gasteiger partial charge in [-0.05, 0) is 37.0 Å². The van der Waals surface area contributed by atoms with Crippen molar-refractivity contribution in [2.45, 2.75) is 46.0 Å². The molecule has 2 aromatic rings. The van der Waals surface area contributed by atoms with Gasteiger partial charge in [0.05, 0.1) is 11.0 Å². The number of pyridine rings is 1. The lowest BCUT2D eigenvalue weighted by Crippen LogP contribution is -2.42. The Balaban J connectivity index is 2.15. The molecule has 0 radical (unpaired) electrons. The average molecular weight is 349 g/mol. The molecule has 0 atom stereocenters. The fraction of sp³-hybridized carbons (Fsp3) is 0.409. The maximum absolute atomic E-state index is 12.7. The molecule has 0 unspecified atom stereocenters. The van der Waals surface area contributed by atoms with Crippen LogP contribution in [0.5, 0.6) is 0 Å². The third-order valence-electron chi connectivity index (χ3n) is 5.08. The van der Waals surface area contributed by atoms with Crippen molar-refractivity contribution in [2.24, 2.45) is 5.92 Å². The molecule has 4 heteroatoms. The summed E-state index contributed by atoms with van der Waals surface area (Å²) in [5.41, 5.74) is 2.77. The van der Waals surface area contributed by atoms with Crippen molar-refractivity contribution < 1.29 is 4.79 Å². The number of benzene rings is 1. The van der Waals surface area contributed by atoms with Crippen molar-refractivity contribution >= 4 is 5.91 Å². The molecule has 0 aliphatic heterocycles. The lowest BCUT2D eigenvalue weighted by atomic mass is 9.83. The van der Waals surface area contributed by atoms with Gasteiger partial charge < -0.3 is 5.32 Å². The summed E-state index contributed by atoms with van der Waals surface area (Å²) in [6.45, 7) is 8.92. The number of amides is 1. The zero-order chi connectivity index (χ0) is 19.2. The quantitative estimate of drug-likeness (QED) is 0.803. The van der Waals surface area contributed by atoms with Gasteiger partial charge in [-0.15, -0.1) is 0 Å². The van der Waals surface area contributed by atoms with Crippen molar-refractivity contribution in [1.82, 2.24) is 10.3 Å². The SMILES string of the molecule is CCC(CC)CNC(=O)C(C)(C)c1ccc(-c2cncc(C#N)c2)cc1. The Morgan fingerprint density at radius 2 is 1.81 bits per heavy atom. The molecule has 2 rings (SSSR count). The highest BCUT2D eigenvalue weighted by Gasteiger charge is 2.29. The molecule has 0 spiro atoms. The second-order valence-electron chi connectivity index (χ2n) is 7.17. The van der Waals surface area contributed by atoms with E-state index >= 15 is 0 Å². The summed E-state index contributed by atoms with van der Waals surface area (Å²) in [6.07, 6.45) is 5.43. The number of hydrogen-bond acceptors (Lipinski definition) is 3. The van der Waals surface area contributed by atoms with Crippen LogP contribution in [0, 0.1) is 17.2 Å². The van der Waals surface area contributed by atoms with Gasteiger partial charge in [0, 0.05) is 24.5 Å². The van der Waals surface area contributed by atoms with E-state index in [4.69, 9.17) is 5.26 Å². The summed E-state index contributed by atoms with van der Waals surface area (Å²) in [4.78, 5) is 16.8. The van der Waals surface area contributed by atoms with Gasteiger partial charge >= 0.3 is 0 Å². The normalized spacial score (nSPS) is 11.2. The standard InChI is InChI=1S/C22H27N3O/c1-5-16(6-2)14-25-21(26)22(3,4)20-9-7-18(8-10-20)19-11-17(12-23)13-24-15-19/h7-11,13,15-16H,5-6,14H2,1-4H3,(H,25,26). The van der Waals surface area contributed by atoms with Crippen LogP contribution in [0.2, 0.25) is 0 Å². The molecule has 1 N–H and O–H groups in total. The smallest absolute Gasteiger partial charge is 0.230 e. The Morgan fingerprint density at radius 3 is 2.38 bits per heavy atom. The van der Waals surface area contributed by atoms with Crippen LogP contribution in [0.1, 0.15) is 51.7 Å². The van der Waals surface area contributed by atoms with E-state index in [0.29, 0.717) is 11.5 Å². The predicted molar refractivity (Wildman–Crippen MR) is 104 cm³/mol. The van der Waals surface area contributed by atoms with Gasteiger partial charge in [0.25, 0.3) is 0 Å². The predicted octanol–water partition coefficient (Wildman–Crippen LogP) is 4.45. The van der Waals surface area contributed by atoms with Crippen molar-refractivity contribution in [3.63, 3.8) is 0 Å². The second kappa shape index (κ2) is 8.62. The Morgan fingerprint density at radius 1 is 1.15 bits per heavy atom. The van der Waals surface area contributed by atoms with Crippen molar-refractivity contribution in [1.29, 1.82) is 5.26 Å². The van der Waals surface area contributed by atoms with Crippen molar-refractivity contribution in [3.05, 3.63) is 53.9 Å². The first-order valence-electron chi connectivity index (χ1n) is 9.16. The van der Waals surface area contributed by atoms with E-state index in [9.17, 15) is 4.79 Å². The summed E-state index contributed by atoms with van der Waals surface area (Å²) in [7, 11) is 0. The molecule has 136 valence electrons. The second-order valence-corrected chi connectivity index (χ2v) is 7.17. The Labute approximate surface area is 156 Å². The Bertz CT molecular complexity index is 784. The highest BCUT2D eigenvalue weighted by atomic mass is 16.2. The average Bonchev–Trinajstić information content (AvgIpc) is 2.68. The summed E-state index contributed by atoms with van der Waals surface area (Å²) in [5, 5.41) is 12.1. The fourth-order valence-electron chi connectivity index (χ4n) is 2.90. The van der Waals surface area contributed by atoms with Gasteiger partial charge in [-0.1, -0.05) is 51.0 Å². The third-order valence-corrected chi connectivity index (χ3v) is 5.08. The van der Waals surface area contributed by atoms with Gasteiger partial charge in [0.2, 0.25) is 5.91 Å². The van der Waals surface area contributed by atoms with Crippen LogP contribution in [-0.4, -0.2) is 17.4 Å². The first-order valence-corrected chi connectivity index (χ1v) is 9.16. The van der Waals surface area contributed by atoms with E-state index in [1.807, 2.05) is 44.2 Å². The monoisotopic (exact) mass is 349 g/mol. The van der Waals surface area contributed by atoms with Crippen LogP contribution in [0.3, 0.4) is 0 Å². The van der Waals surface area contributed by atoms with Gasteiger partial charge in [-0.3, -0.25) is 9.78 Å². The number of aromatic nitrogens is 1. The minimum Gasteiger partial charge on any atom is -0.355 e. The molecule has 0 aliphatic rings. The number of rotatable bonds is 7. The van der Waals surface area contributed by atoms with E-state index < -0.39 is 5.41 Å². The first kappa shape index (κ1) is 19.7. The molecule has 1 amide bonds. The van der Waals surface area contributed by atoms with Crippen molar-refractivity contribution in [2.75, 3.05) is 6.54 Å². The van der Waals surface area contributed by atoms with Crippen LogP contribution in [0.4, 0.5) is 0 Å². The maximum Gasteiger partial charge on any atom is 0.230 e. The van der Waals surface area contributed by atoms with E-state index in [1.165, 1.54) is 0 Å². The van der Waals surface area contributed by atoms with Gasteiger partial charge in [0.15, 0.2) is 0 Å².